The van der Waals surface area contributed by atoms with Gasteiger partial charge in [0.25, 0.3) is 5.91 Å². The molecule has 0 radical (unpaired) electrons. The number of hydrogen-bond donors (Lipinski definition) is 1. The van der Waals surface area contributed by atoms with Crippen LogP contribution in [0.25, 0.3) is 0 Å². The normalized spacial score (nSPS) is 22.8. The lowest BCUT2D eigenvalue weighted by molar-refractivity contribution is 0.0603. The SMILES string of the molecule is Cc1ccc(C(=O)N2CCNC(C)C2C)cc1C.Cl. The third-order valence-corrected chi connectivity index (χ3v) is 4.05. The van der Waals surface area contributed by atoms with Crippen LogP contribution in [0.5, 0.6) is 0 Å². The van der Waals surface area contributed by atoms with Crippen molar-refractivity contribution in [2.75, 3.05) is 13.1 Å². The van der Waals surface area contributed by atoms with E-state index in [9.17, 15) is 4.79 Å². The van der Waals surface area contributed by atoms with Gasteiger partial charge in [-0.3, -0.25) is 4.79 Å². The van der Waals surface area contributed by atoms with Crippen molar-refractivity contribution in [3.05, 3.63) is 34.9 Å². The highest BCUT2D eigenvalue weighted by atomic mass is 35.5. The number of carbonyl (C=O) groups is 1. The molecule has 1 aromatic rings. The van der Waals surface area contributed by atoms with Crippen molar-refractivity contribution in [1.29, 1.82) is 0 Å². The first-order chi connectivity index (χ1) is 8.50. The molecule has 1 aliphatic rings. The maximum atomic E-state index is 12.5. The highest BCUT2D eigenvalue weighted by Gasteiger charge is 2.28. The van der Waals surface area contributed by atoms with E-state index in [1.807, 2.05) is 23.1 Å². The molecule has 2 unspecified atom stereocenters. The molecule has 2 rings (SSSR count). The van der Waals surface area contributed by atoms with Gasteiger partial charge >= 0.3 is 0 Å². The maximum Gasteiger partial charge on any atom is 0.254 e. The topological polar surface area (TPSA) is 32.3 Å². The predicted molar refractivity (Wildman–Crippen MR) is 81.1 cm³/mol. The van der Waals surface area contributed by atoms with Crippen molar-refractivity contribution < 1.29 is 4.79 Å². The lowest BCUT2D eigenvalue weighted by atomic mass is 10.0. The Labute approximate surface area is 121 Å². The molecule has 106 valence electrons. The fourth-order valence-corrected chi connectivity index (χ4v) is 2.38. The molecule has 1 aliphatic heterocycles. The molecule has 19 heavy (non-hydrogen) atoms. The number of carbonyl (C=O) groups excluding carboxylic acids is 1. The minimum absolute atomic E-state index is 0. The number of amides is 1. The first-order valence-electron chi connectivity index (χ1n) is 6.62. The maximum absolute atomic E-state index is 12.5. The second-order valence-corrected chi connectivity index (χ2v) is 5.28. The van der Waals surface area contributed by atoms with Crippen molar-refractivity contribution in [2.45, 2.75) is 39.8 Å². The number of halogens is 1. The van der Waals surface area contributed by atoms with Gasteiger partial charge in [0.15, 0.2) is 0 Å². The van der Waals surface area contributed by atoms with Gasteiger partial charge in [0, 0.05) is 30.7 Å². The van der Waals surface area contributed by atoms with Crippen LogP contribution in [0.1, 0.15) is 35.3 Å². The number of nitrogens with one attached hydrogen (secondary N) is 1. The largest absolute Gasteiger partial charge is 0.333 e. The van der Waals surface area contributed by atoms with Gasteiger partial charge in [0.1, 0.15) is 0 Å². The van der Waals surface area contributed by atoms with Gasteiger partial charge in [-0.25, -0.2) is 0 Å². The van der Waals surface area contributed by atoms with Crippen LogP contribution in [-0.4, -0.2) is 36.0 Å². The Bertz CT molecular complexity index is 461. The van der Waals surface area contributed by atoms with Crippen LogP contribution >= 0.6 is 12.4 Å². The van der Waals surface area contributed by atoms with Crippen LogP contribution in [0.15, 0.2) is 18.2 Å². The third-order valence-electron chi connectivity index (χ3n) is 4.05. The third kappa shape index (κ3) is 3.28. The highest BCUT2D eigenvalue weighted by Crippen LogP contribution is 2.16. The summed E-state index contributed by atoms with van der Waals surface area (Å²) in [7, 11) is 0. The second kappa shape index (κ2) is 6.40. The van der Waals surface area contributed by atoms with E-state index in [1.54, 1.807) is 0 Å². The minimum Gasteiger partial charge on any atom is -0.333 e. The zero-order valence-corrected chi connectivity index (χ0v) is 12.9. The van der Waals surface area contributed by atoms with Crippen molar-refractivity contribution >= 4 is 18.3 Å². The number of piperazine rings is 1. The summed E-state index contributed by atoms with van der Waals surface area (Å²) >= 11 is 0. The Morgan fingerprint density at radius 2 is 1.95 bits per heavy atom. The molecule has 1 saturated heterocycles. The molecule has 4 heteroatoms. The fourth-order valence-electron chi connectivity index (χ4n) is 2.38. The van der Waals surface area contributed by atoms with Gasteiger partial charge in [-0.2, -0.15) is 0 Å². The monoisotopic (exact) mass is 282 g/mol. The van der Waals surface area contributed by atoms with Gasteiger partial charge in [0.2, 0.25) is 0 Å². The number of benzene rings is 1. The molecule has 0 aromatic heterocycles. The Morgan fingerprint density at radius 3 is 2.58 bits per heavy atom. The van der Waals surface area contributed by atoms with Gasteiger partial charge in [-0.1, -0.05) is 6.07 Å². The van der Waals surface area contributed by atoms with Crippen LogP contribution in [0.3, 0.4) is 0 Å². The lowest BCUT2D eigenvalue weighted by Crippen LogP contribution is -2.57. The average molecular weight is 283 g/mol. The van der Waals surface area contributed by atoms with E-state index in [4.69, 9.17) is 0 Å². The first-order valence-corrected chi connectivity index (χ1v) is 6.62. The second-order valence-electron chi connectivity index (χ2n) is 5.28. The van der Waals surface area contributed by atoms with Crippen LogP contribution < -0.4 is 5.32 Å². The summed E-state index contributed by atoms with van der Waals surface area (Å²) in [4.78, 5) is 14.5. The molecule has 1 aromatic carbocycles. The van der Waals surface area contributed by atoms with Crippen molar-refractivity contribution in [2.24, 2.45) is 0 Å². The summed E-state index contributed by atoms with van der Waals surface area (Å²) in [6.07, 6.45) is 0. The number of nitrogens with zero attached hydrogens (tertiary/aromatic N) is 1. The quantitative estimate of drug-likeness (QED) is 0.859. The number of rotatable bonds is 1. The summed E-state index contributed by atoms with van der Waals surface area (Å²) in [5.74, 6) is 0.152. The molecule has 1 fully saturated rings. The Kier molecular flexibility index (Phi) is 5.39. The Morgan fingerprint density at radius 1 is 1.26 bits per heavy atom. The summed E-state index contributed by atoms with van der Waals surface area (Å²) in [5.41, 5.74) is 3.21. The summed E-state index contributed by atoms with van der Waals surface area (Å²) in [6, 6.07) is 6.56. The van der Waals surface area contributed by atoms with E-state index in [1.165, 1.54) is 11.1 Å². The minimum atomic E-state index is 0. The summed E-state index contributed by atoms with van der Waals surface area (Å²) < 4.78 is 0. The van der Waals surface area contributed by atoms with Crippen LogP contribution in [-0.2, 0) is 0 Å². The lowest BCUT2D eigenvalue weighted by Gasteiger charge is -2.38. The van der Waals surface area contributed by atoms with E-state index in [0.29, 0.717) is 6.04 Å². The highest BCUT2D eigenvalue weighted by molar-refractivity contribution is 5.94. The molecule has 3 nitrogen and oxygen atoms in total. The molecule has 0 saturated carbocycles. The summed E-state index contributed by atoms with van der Waals surface area (Å²) in [5, 5.41) is 3.39. The molecule has 2 atom stereocenters. The van der Waals surface area contributed by atoms with Gasteiger partial charge in [0.05, 0.1) is 0 Å². The van der Waals surface area contributed by atoms with E-state index in [0.717, 1.165) is 18.7 Å². The molecule has 1 amide bonds. The number of aryl methyl sites for hydroxylation is 2. The van der Waals surface area contributed by atoms with Crippen molar-refractivity contribution in [3.8, 4) is 0 Å². The van der Waals surface area contributed by atoms with E-state index >= 15 is 0 Å². The Hall–Kier alpha value is -1.06. The molecule has 1 N–H and O–H groups in total. The predicted octanol–water partition coefficient (Wildman–Crippen LogP) is 2.55. The molecular formula is C15H23ClN2O. The first kappa shape index (κ1) is 16.0. The van der Waals surface area contributed by atoms with Crippen LogP contribution in [0.2, 0.25) is 0 Å². The zero-order valence-electron chi connectivity index (χ0n) is 12.1. The molecule has 1 heterocycles. The van der Waals surface area contributed by atoms with Gasteiger partial charge < -0.3 is 10.2 Å². The summed E-state index contributed by atoms with van der Waals surface area (Å²) in [6.45, 7) is 10.0. The van der Waals surface area contributed by atoms with Gasteiger partial charge in [-0.05, 0) is 51.0 Å². The van der Waals surface area contributed by atoms with Crippen molar-refractivity contribution in [3.63, 3.8) is 0 Å². The molecular weight excluding hydrogens is 260 g/mol. The van der Waals surface area contributed by atoms with Crippen LogP contribution in [0, 0.1) is 13.8 Å². The Balaban J connectivity index is 0.00000180. The average Bonchev–Trinajstić information content (AvgIpc) is 2.35. The van der Waals surface area contributed by atoms with E-state index in [-0.39, 0.29) is 24.4 Å². The van der Waals surface area contributed by atoms with E-state index < -0.39 is 0 Å². The fraction of sp³-hybridized carbons (Fsp3) is 0.533. The van der Waals surface area contributed by atoms with E-state index in [2.05, 4.69) is 33.0 Å². The molecule has 0 bridgehead atoms. The van der Waals surface area contributed by atoms with Gasteiger partial charge in [-0.15, -0.1) is 12.4 Å². The van der Waals surface area contributed by atoms with Crippen molar-refractivity contribution in [1.82, 2.24) is 10.2 Å². The zero-order chi connectivity index (χ0) is 13.3. The molecule has 0 spiro atoms. The van der Waals surface area contributed by atoms with Crippen LogP contribution in [0.4, 0.5) is 0 Å². The molecule has 0 aliphatic carbocycles. The smallest absolute Gasteiger partial charge is 0.254 e. The standard InChI is InChI=1S/C15H22N2O.ClH/c1-10-5-6-14(9-11(10)2)15(18)17-8-7-16-12(3)13(17)4;/h5-6,9,12-13,16H,7-8H2,1-4H3;1H. The number of hydrogen-bond acceptors (Lipinski definition) is 2.